The van der Waals surface area contributed by atoms with Gasteiger partial charge in [0.25, 0.3) is 5.91 Å². The number of rotatable bonds is 7. The minimum Gasteiger partial charge on any atom is -0.338 e. The number of hydrogen-bond donors (Lipinski definition) is 2. The first-order valence-electron chi connectivity index (χ1n) is 14.1. The minimum absolute atomic E-state index is 0.0227. The number of nitrogens with one attached hydrogen (secondary N) is 2. The van der Waals surface area contributed by atoms with Crippen molar-refractivity contribution < 1.29 is 14.1 Å². The van der Waals surface area contributed by atoms with Crippen molar-refractivity contribution in [2.24, 2.45) is 5.92 Å². The van der Waals surface area contributed by atoms with E-state index in [1.807, 2.05) is 73.7 Å². The van der Waals surface area contributed by atoms with E-state index < -0.39 is 0 Å². The number of likely N-dealkylation sites (tertiary alicyclic amines) is 1. The van der Waals surface area contributed by atoms with Crippen LogP contribution in [0.4, 0.5) is 11.4 Å². The summed E-state index contributed by atoms with van der Waals surface area (Å²) < 4.78 is 5.53. The molecule has 8 heteroatoms. The zero-order valence-electron chi connectivity index (χ0n) is 24.1. The molecule has 3 aromatic carbocycles. The quantitative estimate of drug-likeness (QED) is 0.274. The summed E-state index contributed by atoms with van der Waals surface area (Å²) in [6.07, 6.45) is 1.71. The summed E-state index contributed by atoms with van der Waals surface area (Å²) in [5.41, 5.74) is 5.09. The lowest BCUT2D eigenvalue weighted by Crippen LogP contribution is -2.40. The number of amides is 2. The number of aryl methyl sites for hydroxylation is 1. The molecule has 0 bridgehead atoms. The lowest BCUT2D eigenvalue weighted by atomic mass is 9.87. The number of nitrogens with zero attached hydrogens (tertiary/aromatic N) is 3. The van der Waals surface area contributed by atoms with Crippen molar-refractivity contribution >= 4 is 23.2 Å². The van der Waals surface area contributed by atoms with Gasteiger partial charge in [-0.05, 0) is 73.2 Å². The first kappa shape index (κ1) is 28.2. The van der Waals surface area contributed by atoms with Crippen LogP contribution in [0.25, 0.3) is 11.4 Å². The van der Waals surface area contributed by atoms with Crippen molar-refractivity contribution in [2.75, 3.05) is 23.7 Å². The molecule has 5 rings (SSSR count). The fourth-order valence-electron chi connectivity index (χ4n) is 5.10. The fourth-order valence-corrected chi connectivity index (χ4v) is 5.10. The van der Waals surface area contributed by atoms with Gasteiger partial charge in [0, 0.05) is 29.0 Å². The zero-order chi connectivity index (χ0) is 29.0. The first-order valence-corrected chi connectivity index (χ1v) is 14.1. The van der Waals surface area contributed by atoms with Crippen molar-refractivity contribution in [3.05, 3.63) is 95.4 Å². The summed E-state index contributed by atoms with van der Waals surface area (Å²) in [5.74, 6) is 0.728. The number of piperidine rings is 1. The van der Waals surface area contributed by atoms with E-state index in [0.717, 1.165) is 30.5 Å². The third kappa shape index (κ3) is 7.08. The molecule has 1 saturated heterocycles. The second-order valence-corrected chi connectivity index (χ2v) is 11.8. The molecule has 0 aliphatic carbocycles. The maximum atomic E-state index is 13.2. The van der Waals surface area contributed by atoms with Crippen molar-refractivity contribution in [3.8, 4) is 11.4 Å². The predicted octanol–water partition coefficient (Wildman–Crippen LogP) is 6.45. The normalized spacial score (nSPS) is 15.9. The Bertz CT molecular complexity index is 1520. The largest absolute Gasteiger partial charge is 0.338 e. The van der Waals surface area contributed by atoms with Crippen molar-refractivity contribution in [1.82, 2.24) is 15.0 Å². The van der Waals surface area contributed by atoms with E-state index >= 15 is 0 Å². The predicted molar refractivity (Wildman–Crippen MR) is 161 cm³/mol. The van der Waals surface area contributed by atoms with Crippen LogP contribution in [0.3, 0.4) is 0 Å². The molecule has 1 aromatic heterocycles. The van der Waals surface area contributed by atoms with Gasteiger partial charge in [-0.15, -0.1) is 0 Å². The van der Waals surface area contributed by atoms with Gasteiger partial charge in [-0.3, -0.25) is 14.5 Å². The van der Waals surface area contributed by atoms with Crippen LogP contribution < -0.4 is 10.6 Å². The Kier molecular flexibility index (Phi) is 8.31. The lowest BCUT2D eigenvalue weighted by Gasteiger charge is -2.30. The Morgan fingerprint density at radius 2 is 1.71 bits per heavy atom. The van der Waals surface area contributed by atoms with Gasteiger partial charge in [-0.2, -0.15) is 4.98 Å². The highest BCUT2D eigenvalue weighted by Gasteiger charge is 2.27. The zero-order valence-corrected chi connectivity index (χ0v) is 24.1. The number of anilines is 2. The summed E-state index contributed by atoms with van der Waals surface area (Å²) in [6, 6.07) is 22.9. The van der Waals surface area contributed by atoms with Crippen molar-refractivity contribution in [2.45, 2.75) is 52.5 Å². The third-order valence-corrected chi connectivity index (χ3v) is 7.49. The molecule has 0 saturated carbocycles. The van der Waals surface area contributed by atoms with Crippen molar-refractivity contribution in [1.29, 1.82) is 0 Å². The molecular formula is C33H37N5O3. The molecule has 1 unspecified atom stereocenters. The SMILES string of the molecule is Cc1ccccc1-c1noc(CN2CCCC(C(=O)Nc3cccc(NC(=O)c4ccc(C(C)(C)C)cc4)c3)C2)n1. The molecule has 2 N–H and O–H groups in total. The average molecular weight is 552 g/mol. The summed E-state index contributed by atoms with van der Waals surface area (Å²) >= 11 is 0. The molecule has 1 atom stereocenters. The highest BCUT2D eigenvalue weighted by Crippen LogP contribution is 2.25. The van der Waals surface area contributed by atoms with E-state index in [2.05, 4.69) is 46.4 Å². The molecule has 1 aliphatic heterocycles. The highest BCUT2D eigenvalue weighted by molar-refractivity contribution is 6.04. The number of benzene rings is 3. The van der Waals surface area contributed by atoms with Crippen LogP contribution in [0.2, 0.25) is 0 Å². The summed E-state index contributed by atoms with van der Waals surface area (Å²) in [7, 11) is 0. The monoisotopic (exact) mass is 551 g/mol. The molecule has 2 amide bonds. The summed E-state index contributed by atoms with van der Waals surface area (Å²) in [5, 5.41) is 10.1. The van der Waals surface area contributed by atoms with Gasteiger partial charge in [0.15, 0.2) is 0 Å². The van der Waals surface area contributed by atoms with Crippen molar-refractivity contribution in [3.63, 3.8) is 0 Å². The number of hydrogen-bond acceptors (Lipinski definition) is 6. The minimum atomic E-state index is -0.191. The average Bonchev–Trinajstić information content (AvgIpc) is 3.41. The van der Waals surface area contributed by atoms with Gasteiger partial charge in [-0.25, -0.2) is 0 Å². The Morgan fingerprint density at radius 3 is 2.44 bits per heavy atom. The smallest absolute Gasteiger partial charge is 0.255 e. The standard InChI is InChI=1S/C33H37N5O3/c1-22-9-5-6-13-28(22)30-36-29(41-37-30)21-38-18-8-10-24(20-38)32(40)35-27-12-7-11-26(19-27)34-31(39)23-14-16-25(17-15-23)33(2,3)4/h5-7,9,11-17,19,24H,8,10,18,20-21H2,1-4H3,(H,34,39)(H,35,40). The van der Waals surface area contributed by atoms with E-state index in [-0.39, 0.29) is 23.1 Å². The van der Waals surface area contributed by atoms with Crippen LogP contribution in [0, 0.1) is 12.8 Å². The van der Waals surface area contributed by atoms with Crippen LogP contribution in [-0.4, -0.2) is 39.9 Å². The van der Waals surface area contributed by atoms with Crippen LogP contribution in [0.5, 0.6) is 0 Å². The van der Waals surface area contributed by atoms with Gasteiger partial charge < -0.3 is 15.2 Å². The van der Waals surface area contributed by atoms with Gasteiger partial charge >= 0.3 is 0 Å². The van der Waals surface area contributed by atoms with Crippen LogP contribution in [0.15, 0.2) is 77.3 Å². The Hall–Kier alpha value is -4.30. The maximum Gasteiger partial charge on any atom is 0.255 e. The molecule has 41 heavy (non-hydrogen) atoms. The Morgan fingerprint density at radius 1 is 0.976 bits per heavy atom. The molecule has 2 heterocycles. The van der Waals surface area contributed by atoms with E-state index in [1.54, 1.807) is 6.07 Å². The van der Waals surface area contributed by atoms with Gasteiger partial charge in [-0.1, -0.05) is 68.4 Å². The highest BCUT2D eigenvalue weighted by atomic mass is 16.5. The number of carbonyl (C=O) groups excluding carboxylic acids is 2. The maximum absolute atomic E-state index is 13.2. The molecule has 1 fully saturated rings. The molecular weight excluding hydrogens is 514 g/mol. The second-order valence-electron chi connectivity index (χ2n) is 11.8. The molecule has 4 aromatic rings. The second kappa shape index (κ2) is 12.1. The first-order chi connectivity index (χ1) is 19.7. The van der Waals surface area contributed by atoms with Gasteiger partial charge in [0.1, 0.15) is 0 Å². The van der Waals surface area contributed by atoms with Crippen LogP contribution in [0.1, 0.15) is 61.0 Å². The number of carbonyl (C=O) groups is 2. The van der Waals surface area contributed by atoms with Gasteiger partial charge in [0.05, 0.1) is 12.5 Å². The molecule has 8 nitrogen and oxygen atoms in total. The molecule has 0 spiro atoms. The van der Waals surface area contributed by atoms with Gasteiger partial charge in [0.2, 0.25) is 17.6 Å². The Labute approximate surface area is 241 Å². The summed E-state index contributed by atoms with van der Waals surface area (Å²) in [4.78, 5) is 32.8. The van der Waals surface area contributed by atoms with E-state index in [0.29, 0.717) is 41.7 Å². The van der Waals surface area contributed by atoms with Crippen LogP contribution in [-0.2, 0) is 16.8 Å². The summed E-state index contributed by atoms with van der Waals surface area (Å²) in [6.45, 7) is 10.4. The van der Waals surface area contributed by atoms with Crippen LogP contribution >= 0.6 is 0 Å². The Balaban J connectivity index is 1.16. The van der Waals surface area contributed by atoms with E-state index in [9.17, 15) is 9.59 Å². The number of aromatic nitrogens is 2. The molecule has 0 radical (unpaired) electrons. The topological polar surface area (TPSA) is 100 Å². The lowest BCUT2D eigenvalue weighted by molar-refractivity contribution is -0.121. The third-order valence-electron chi connectivity index (χ3n) is 7.49. The van der Waals surface area contributed by atoms with E-state index in [1.165, 1.54) is 5.56 Å². The fraction of sp³-hybridized carbons (Fsp3) is 0.333. The molecule has 1 aliphatic rings. The molecule has 212 valence electrons. The van der Waals surface area contributed by atoms with E-state index in [4.69, 9.17) is 4.52 Å².